The number of aliphatic hydroxyl groups is 1. The lowest BCUT2D eigenvalue weighted by Crippen LogP contribution is -2.40. The number of hydrogen-bond acceptors (Lipinski definition) is 8. The van der Waals surface area contributed by atoms with Crippen LogP contribution in [0.1, 0.15) is 76.7 Å². The number of aliphatic hydroxyl groups excluding tert-OH is 1. The monoisotopic (exact) mass is 483 g/mol. The van der Waals surface area contributed by atoms with E-state index >= 15 is 0 Å². The molecule has 35 heavy (non-hydrogen) atoms. The number of anilines is 1. The van der Waals surface area contributed by atoms with E-state index in [9.17, 15) is 9.90 Å². The fourth-order valence-electron chi connectivity index (χ4n) is 4.95. The Morgan fingerprint density at radius 3 is 2.63 bits per heavy atom. The maximum Gasteiger partial charge on any atom is 0.324 e. The first-order valence-corrected chi connectivity index (χ1v) is 12.6. The number of hydrogen-bond donors (Lipinski definition) is 2. The Kier molecular flexibility index (Phi) is 7.74. The number of aromatic nitrogens is 3. The predicted octanol–water partition coefficient (Wildman–Crippen LogP) is 3.69. The Labute approximate surface area is 206 Å². The highest BCUT2D eigenvalue weighted by Gasteiger charge is 2.39. The van der Waals surface area contributed by atoms with Crippen LogP contribution < -0.4 is 15.4 Å². The minimum atomic E-state index is -0.670. The molecule has 190 valence electrons. The van der Waals surface area contributed by atoms with E-state index in [1.807, 2.05) is 18.2 Å². The zero-order chi connectivity index (χ0) is 25.0. The highest BCUT2D eigenvalue weighted by atomic mass is 16.5. The van der Waals surface area contributed by atoms with Gasteiger partial charge in [0.25, 0.3) is 0 Å². The van der Waals surface area contributed by atoms with E-state index in [0.29, 0.717) is 44.2 Å². The molecule has 0 bridgehead atoms. The molecular formula is C26H37N5O4. The second-order valence-electron chi connectivity index (χ2n) is 10.3. The molecule has 1 aliphatic carbocycles. The van der Waals surface area contributed by atoms with Gasteiger partial charge in [0.2, 0.25) is 5.91 Å². The number of nitrogens with zero attached hydrogens (tertiary/aromatic N) is 4. The molecule has 1 aliphatic heterocycles. The molecule has 1 amide bonds. The molecule has 3 heterocycles. The Hall–Kier alpha value is -2.94. The maximum absolute atomic E-state index is 12.1. The lowest BCUT2D eigenvalue weighted by molar-refractivity contribution is -0.129. The van der Waals surface area contributed by atoms with Crippen molar-refractivity contribution >= 4 is 17.5 Å². The number of carbonyl (C=O) groups is 1. The van der Waals surface area contributed by atoms with E-state index < -0.39 is 11.5 Å². The first-order chi connectivity index (χ1) is 16.8. The van der Waals surface area contributed by atoms with Crippen LogP contribution in [-0.2, 0) is 4.79 Å². The van der Waals surface area contributed by atoms with E-state index in [2.05, 4.69) is 33.9 Å². The molecule has 0 radical (unpaired) electrons. The van der Waals surface area contributed by atoms with Crippen molar-refractivity contribution in [2.24, 2.45) is 17.1 Å². The number of pyridine rings is 1. The van der Waals surface area contributed by atoms with Crippen molar-refractivity contribution in [2.45, 2.75) is 71.3 Å². The van der Waals surface area contributed by atoms with Gasteiger partial charge in [-0.2, -0.15) is 4.98 Å². The average Bonchev–Trinajstić information content (AvgIpc) is 3.34. The molecule has 0 saturated carbocycles. The van der Waals surface area contributed by atoms with Gasteiger partial charge in [0.15, 0.2) is 5.82 Å². The summed E-state index contributed by atoms with van der Waals surface area (Å²) in [6, 6.07) is 4.54. The first-order valence-electron chi connectivity index (χ1n) is 12.6. The van der Waals surface area contributed by atoms with Gasteiger partial charge in [0.1, 0.15) is 5.75 Å². The predicted molar refractivity (Wildman–Crippen MR) is 133 cm³/mol. The molecule has 4 rings (SSSR count). The minimum absolute atomic E-state index is 0.256. The van der Waals surface area contributed by atoms with Crippen molar-refractivity contribution in [1.29, 1.82) is 0 Å². The molecule has 9 nitrogen and oxygen atoms in total. The van der Waals surface area contributed by atoms with E-state index in [1.54, 1.807) is 13.1 Å². The van der Waals surface area contributed by atoms with E-state index in [4.69, 9.17) is 15.0 Å². The van der Waals surface area contributed by atoms with Crippen LogP contribution >= 0.6 is 0 Å². The van der Waals surface area contributed by atoms with Gasteiger partial charge in [0, 0.05) is 19.0 Å². The topological polar surface area (TPSA) is 128 Å². The summed E-state index contributed by atoms with van der Waals surface area (Å²) >= 11 is 0. The Morgan fingerprint density at radius 2 is 2.09 bits per heavy atom. The fourth-order valence-corrected chi connectivity index (χ4v) is 4.95. The van der Waals surface area contributed by atoms with Crippen molar-refractivity contribution in [1.82, 2.24) is 15.1 Å². The largest absolute Gasteiger partial charge is 0.492 e. The van der Waals surface area contributed by atoms with Gasteiger partial charge < -0.3 is 25.0 Å². The molecule has 1 fully saturated rings. The normalized spacial score (nSPS) is 22.2. The number of primary amides is 1. The maximum atomic E-state index is 12.1. The van der Waals surface area contributed by atoms with Gasteiger partial charge in [-0.25, -0.2) is 0 Å². The van der Waals surface area contributed by atoms with Crippen molar-refractivity contribution in [3.05, 3.63) is 35.9 Å². The summed E-state index contributed by atoms with van der Waals surface area (Å²) in [5.74, 6) is 1.89. The molecule has 2 aliphatic rings. The van der Waals surface area contributed by atoms with Crippen LogP contribution in [0.25, 0.3) is 5.57 Å². The van der Waals surface area contributed by atoms with Crippen molar-refractivity contribution < 1.29 is 19.2 Å². The van der Waals surface area contributed by atoms with Crippen LogP contribution in [-0.4, -0.2) is 51.9 Å². The van der Waals surface area contributed by atoms with Crippen LogP contribution in [0.3, 0.4) is 0 Å². The summed E-state index contributed by atoms with van der Waals surface area (Å²) in [5, 5.41) is 13.9. The molecule has 3 N–H and O–H groups in total. The molecule has 2 aromatic heterocycles. The lowest BCUT2D eigenvalue weighted by Gasteiger charge is -2.34. The number of piperidine rings is 1. The molecule has 2 aromatic rings. The van der Waals surface area contributed by atoms with Crippen molar-refractivity contribution in [3.8, 4) is 5.75 Å². The SMILES string of the molecule is CC(C)c1noc(N2CCC(COc3ccc(C4=CCC(C[C@@H](C)O)(C(N)=O)CC4)nc3)CC2)n1. The van der Waals surface area contributed by atoms with Gasteiger partial charge >= 0.3 is 6.01 Å². The summed E-state index contributed by atoms with van der Waals surface area (Å²) in [5.41, 5.74) is 7.00. The summed E-state index contributed by atoms with van der Waals surface area (Å²) < 4.78 is 11.4. The van der Waals surface area contributed by atoms with E-state index in [-0.39, 0.29) is 11.8 Å². The molecule has 2 atom stereocenters. The fraction of sp³-hybridized carbons (Fsp3) is 0.615. The Bertz CT molecular complexity index is 1020. The van der Waals surface area contributed by atoms with Crippen molar-refractivity contribution in [3.63, 3.8) is 0 Å². The molecule has 0 aromatic carbocycles. The quantitative estimate of drug-likeness (QED) is 0.553. The number of ether oxygens (including phenoxy) is 1. The van der Waals surface area contributed by atoms with Gasteiger partial charge in [-0.15, -0.1) is 0 Å². The molecule has 0 spiro atoms. The number of carbonyl (C=O) groups excluding carboxylic acids is 1. The molecular weight excluding hydrogens is 446 g/mol. The van der Waals surface area contributed by atoms with Crippen molar-refractivity contribution in [2.75, 3.05) is 24.6 Å². The summed E-state index contributed by atoms with van der Waals surface area (Å²) in [6.45, 7) is 8.21. The van der Waals surface area contributed by atoms with E-state index in [0.717, 1.165) is 48.8 Å². The van der Waals surface area contributed by atoms with Gasteiger partial charge in [-0.05, 0) is 69.1 Å². The third-order valence-electron chi connectivity index (χ3n) is 7.20. The molecule has 9 heteroatoms. The second-order valence-corrected chi connectivity index (χ2v) is 10.3. The summed E-state index contributed by atoms with van der Waals surface area (Å²) in [7, 11) is 0. The number of allylic oxidation sites excluding steroid dienone is 2. The third kappa shape index (κ3) is 6.01. The molecule has 1 unspecified atom stereocenters. The van der Waals surface area contributed by atoms with Gasteiger partial charge in [-0.1, -0.05) is 25.1 Å². The number of nitrogens with two attached hydrogens (primary N) is 1. The van der Waals surface area contributed by atoms with Crippen LogP contribution in [0.4, 0.5) is 6.01 Å². The zero-order valence-electron chi connectivity index (χ0n) is 20.9. The zero-order valence-corrected chi connectivity index (χ0v) is 20.9. The highest BCUT2D eigenvalue weighted by molar-refractivity contribution is 5.82. The summed E-state index contributed by atoms with van der Waals surface area (Å²) in [6.07, 6.45) is 7.51. The lowest BCUT2D eigenvalue weighted by atomic mass is 9.70. The Morgan fingerprint density at radius 1 is 1.31 bits per heavy atom. The smallest absolute Gasteiger partial charge is 0.324 e. The van der Waals surface area contributed by atoms with E-state index in [1.165, 1.54) is 0 Å². The second kappa shape index (κ2) is 10.8. The van der Waals surface area contributed by atoms with Crippen LogP contribution in [0, 0.1) is 11.3 Å². The standard InChI is InChI=1S/C26H37N5O4/c1-17(2)23-29-25(35-30-23)31-12-8-19(9-13-31)16-34-21-4-5-22(28-15-21)20-6-10-26(11-7-20,24(27)33)14-18(3)32/h4-6,15,17-19,32H,7-14,16H2,1-3H3,(H2,27,33)/t18-,26?/m1/s1. The van der Waals surface area contributed by atoms with Gasteiger partial charge in [0.05, 0.1) is 30.0 Å². The summed E-state index contributed by atoms with van der Waals surface area (Å²) in [4.78, 5) is 23.3. The first kappa shape index (κ1) is 25.2. The average molecular weight is 484 g/mol. The van der Waals surface area contributed by atoms with Gasteiger partial charge in [-0.3, -0.25) is 9.78 Å². The highest BCUT2D eigenvalue weighted by Crippen LogP contribution is 2.41. The molecule has 1 saturated heterocycles. The van der Waals surface area contributed by atoms with Crippen LogP contribution in [0.15, 0.2) is 28.9 Å². The number of amides is 1. The number of rotatable bonds is 9. The van der Waals surface area contributed by atoms with Crippen LogP contribution in [0.2, 0.25) is 0 Å². The minimum Gasteiger partial charge on any atom is -0.492 e. The van der Waals surface area contributed by atoms with Crippen LogP contribution in [0.5, 0.6) is 5.75 Å². The Balaban J connectivity index is 1.26. The third-order valence-corrected chi connectivity index (χ3v) is 7.20.